The number of hydrogen-bond donors (Lipinski definition) is 1. The summed E-state index contributed by atoms with van der Waals surface area (Å²) in [6.45, 7) is 5.25. The van der Waals surface area contributed by atoms with E-state index in [-0.39, 0.29) is 12.7 Å². The smallest absolute Gasteiger partial charge is 0.303 e. The largest absolute Gasteiger partial charge is 0.481 e. The van der Waals surface area contributed by atoms with Crippen LogP contribution < -0.4 is 0 Å². The van der Waals surface area contributed by atoms with Crippen LogP contribution in [0.3, 0.4) is 0 Å². The van der Waals surface area contributed by atoms with Gasteiger partial charge in [0.15, 0.2) is 6.29 Å². The standard InChI is InChI=1S/C16H28O4/c1-3-19-16(20-4-2)14-12-10-8-6-5-7-9-11-13-15(17)18/h5-6,10,12,16H,3-4,7-9,11,13-14H2,1-2H3,(H,17,18)/b6-5-,12-10?. The van der Waals surface area contributed by atoms with Crippen molar-refractivity contribution in [1.29, 1.82) is 0 Å². The van der Waals surface area contributed by atoms with E-state index in [1.807, 2.05) is 13.8 Å². The lowest BCUT2D eigenvalue weighted by Gasteiger charge is -2.14. The highest BCUT2D eigenvalue weighted by molar-refractivity contribution is 5.66. The summed E-state index contributed by atoms with van der Waals surface area (Å²) in [6.07, 6.45) is 12.8. The summed E-state index contributed by atoms with van der Waals surface area (Å²) in [5.41, 5.74) is 0. The summed E-state index contributed by atoms with van der Waals surface area (Å²) in [4.78, 5) is 10.3. The summed E-state index contributed by atoms with van der Waals surface area (Å²) in [7, 11) is 0. The lowest BCUT2D eigenvalue weighted by Crippen LogP contribution is -2.16. The molecule has 0 radical (unpaired) electrons. The molecule has 0 fully saturated rings. The average molecular weight is 284 g/mol. The first-order chi connectivity index (χ1) is 9.70. The van der Waals surface area contributed by atoms with Crippen molar-refractivity contribution in [2.45, 2.75) is 58.7 Å². The minimum Gasteiger partial charge on any atom is -0.481 e. The van der Waals surface area contributed by atoms with Gasteiger partial charge in [-0.15, -0.1) is 0 Å². The first-order valence-electron chi connectivity index (χ1n) is 7.45. The van der Waals surface area contributed by atoms with E-state index >= 15 is 0 Å². The number of carboxylic acid groups (broad SMARTS) is 1. The Morgan fingerprint density at radius 3 is 2.30 bits per heavy atom. The number of unbranched alkanes of at least 4 members (excludes halogenated alkanes) is 2. The van der Waals surface area contributed by atoms with E-state index in [9.17, 15) is 4.79 Å². The first-order valence-corrected chi connectivity index (χ1v) is 7.45. The Bertz CT molecular complexity index is 278. The van der Waals surface area contributed by atoms with Gasteiger partial charge in [-0.2, -0.15) is 0 Å². The zero-order valence-corrected chi connectivity index (χ0v) is 12.7. The second-order valence-electron chi connectivity index (χ2n) is 4.39. The van der Waals surface area contributed by atoms with Gasteiger partial charge in [-0.1, -0.05) is 24.3 Å². The fourth-order valence-electron chi connectivity index (χ4n) is 1.69. The fraction of sp³-hybridized carbons (Fsp3) is 0.688. The van der Waals surface area contributed by atoms with Crippen LogP contribution in [0.5, 0.6) is 0 Å². The molecular weight excluding hydrogens is 256 g/mol. The van der Waals surface area contributed by atoms with Gasteiger partial charge in [-0.05, 0) is 39.5 Å². The zero-order valence-electron chi connectivity index (χ0n) is 12.7. The second kappa shape index (κ2) is 14.3. The molecule has 116 valence electrons. The van der Waals surface area contributed by atoms with E-state index in [0.717, 1.165) is 32.1 Å². The Morgan fingerprint density at radius 1 is 1.05 bits per heavy atom. The number of allylic oxidation sites excluding steroid dienone is 3. The highest BCUT2D eigenvalue weighted by Gasteiger charge is 2.03. The van der Waals surface area contributed by atoms with E-state index in [2.05, 4.69) is 24.3 Å². The van der Waals surface area contributed by atoms with E-state index in [0.29, 0.717) is 13.2 Å². The second-order valence-corrected chi connectivity index (χ2v) is 4.39. The minimum absolute atomic E-state index is 0.138. The molecule has 1 N–H and O–H groups in total. The molecule has 0 amide bonds. The highest BCUT2D eigenvalue weighted by Crippen LogP contribution is 2.04. The predicted molar refractivity (Wildman–Crippen MR) is 80.7 cm³/mol. The Labute approximate surface area is 122 Å². The van der Waals surface area contributed by atoms with Crippen LogP contribution >= 0.6 is 0 Å². The minimum atomic E-state index is -0.713. The van der Waals surface area contributed by atoms with Gasteiger partial charge in [0.05, 0.1) is 0 Å². The van der Waals surface area contributed by atoms with Crippen molar-refractivity contribution in [3.8, 4) is 0 Å². The van der Waals surface area contributed by atoms with Gasteiger partial charge in [0.25, 0.3) is 0 Å². The lowest BCUT2D eigenvalue weighted by molar-refractivity contribution is -0.137. The molecule has 0 saturated carbocycles. The topological polar surface area (TPSA) is 55.8 Å². The fourth-order valence-corrected chi connectivity index (χ4v) is 1.69. The van der Waals surface area contributed by atoms with Crippen LogP contribution in [0.15, 0.2) is 24.3 Å². The van der Waals surface area contributed by atoms with Crippen LogP contribution in [0.4, 0.5) is 0 Å². The molecule has 0 aromatic rings. The normalized spacial score (nSPS) is 11.9. The Balaban J connectivity index is 3.56. The van der Waals surface area contributed by atoms with Gasteiger partial charge in [0.1, 0.15) is 0 Å². The Kier molecular flexibility index (Phi) is 13.5. The van der Waals surface area contributed by atoms with E-state index < -0.39 is 5.97 Å². The van der Waals surface area contributed by atoms with Crippen molar-refractivity contribution in [2.24, 2.45) is 0 Å². The summed E-state index contributed by atoms with van der Waals surface area (Å²) in [6, 6.07) is 0. The number of carboxylic acids is 1. The van der Waals surface area contributed by atoms with Crippen molar-refractivity contribution in [3.05, 3.63) is 24.3 Å². The maximum absolute atomic E-state index is 10.3. The maximum Gasteiger partial charge on any atom is 0.303 e. The summed E-state index contributed by atoms with van der Waals surface area (Å²) in [5, 5.41) is 8.49. The van der Waals surface area contributed by atoms with Crippen LogP contribution in [0, 0.1) is 0 Å². The van der Waals surface area contributed by atoms with Crippen molar-refractivity contribution in [1.82, 2.24) is 0 Å². The van der Waals surface area contributed by atoms with Gasteiger partial charge in [0.2, 0.25) is 0 Å². The third-order valence-corrected chi connectivity index (χ3v) is 2.65. The number of ether oxygens (including phenoxy) is 2. The molecule has 0 aliphatic rings. The average Bonchev–Trinajstić information content (AvgIpc) is 2.41. The summed E-state index contributed by atoms with van der Waals surface area (Å²) in [5.74, 6) is -0.713. The molecule has 0 unspecified atom stereocenters. The first kappa shape index (κ1) is 18.9. The molecule has 0 heterocycles. The van der Waals surface area contributed by atoms with Gasteiger partial charge in [0, 0.05) is 26.1 Å². The molecule has 0 rings (SSSR count). The van der Waals surface area contributed by atoms with Crippen molar-refractivity contribution < 1.29 is 19.4 Å². The van der Waals surface area contributed by atoms with Crippen LogP contribution in [-0.2, 0) is 14.3 Å². The molecule has 4 nitrogen and oxygen atoms in total. The van der Waals surface area contributed by atoms with Gasteiger partial charge >= 0.3 is 5.97 Å². The lowest BCUT2D eigenvalue weighted by atomic mass is 10.2. The van der Waals surface area contributed by atoms with Crippen molar-refractivity contribution >= 4 is 5.97 Å². The number of hydrogen-bond acceptors (Lipinski definition) is 3. The molecule has 0 aliphatic carbocycles. The zero-order chi connectivity index (χ0) is 15.1. The van der Waals surface area contributed by atoms with E-state index in [1.54, 1.807) is 0 Å². The number of carbonyl (C=O) groups is 1. The molecule has 0 aliphatic heterocycles. The molecular formula is C16H28O4. The molecule has 20 heavy (non-hydrogen) atoms. The predicted octanol–water partition coefficient (Wildman–Crippen LogP) is 3.92. The van der Waals surface area contributed by atoms with Crippen molar-refractivity contribution in [2.75, 3.05) is 13.2 Å². The Morgan fingerprint density at radius 2 is 1.70 bits per heavy atom. The molecule has 0 atom stereocenters. The van der Waals surface area contributed by atoms with Crippen LogP contribution in [-0.4, -0.2) is 30.6 Å². The monoisotopic (exact) mass is 284 g/mol. The molecule has 0 aromatic heterocycles. The molecule has 0 spiro atoms. The van der Waals surface area contributed by atoms with Crippen LogP contribution in [0.1, 0.15) is 52.4 Å². The van der Waals surface area contributed by atoms with Crippen LogP contribution in [0.2, 0.25) is 0 Å². The number of aliphatic carboxylic acids is 1. The third kappa shape index (κ3) is 13.3. The molecule has 4 heteroatoms. The third-order valence-electron chi connectivity index (χ3n) is 2.65. The maximum atomic E-state index is 10.3. The van der Waals surface area contributed by atoms with Crippen molar-refractivity contribution in [3.63, 3.8) is 0 Å². The summed E-state index contributed by atoms with van der Waals surface area (Å²) >= 11 is 0. The van der Waals surface area contributed by atoms with Gasteiger partial charge < -0.3 is 14.6 Å². The summed E-state index contributed by atoms with van der Waals surface area (Å²) < 4.78 is 10.9. The SMILES string of the molecule is CCOC(CC=CC/C=C\CCCCC(=O)O)OCC. The van der Waals surface area contributed by atoms with Gasteiger partial charge in [-0.25, -0.2) is 0 Å². The Hall–Kier alpha value is -1.13. The van der Waals surface area contributed by atoms with Gasteiger partial charge in [-0.3, -0.25) is 4.79 Å². The molecule has 0 saturated heterocycles. The van der Waals surface area contributed by atoms with E-state index in [4.69, 9.17) is 14.6 Å². The van der Waals surface area contributed by atoms with E-state index in [1.165, 1.54) is 0 Å². The van der Waals surface area contributed by atoms with Crippen LogP contribution in [0.25, 0.3) is 0 Å². The highest BCUT2D eigenvalue weighted by atomic mass is 16.7. The quantitative estimate of drug-likeness (QED) is 0.316. The number of rotatable bonds is 13. The molecule has 0 bridgehead atoms. The molecule has 0 aromatic carbocycles.